The van der Waals surface area contributed by atoms with Gasteiger partial charge in [-0.25, -0.2) is 0 Å². The van der Waals surface area contributed by atoms with Crippen LogP contribution in [0.2, 0.25) is 5.02 Å². The summed E-state index contributed by atoms with van der Waals surface area (Å²) in [6.45, 7) is 4.22. The molecule has 0 saturated carbocycles. The standard InChI is InChI=1S/C34H28ClN3O6S2/c1-3-42-27-17-22(14-16-25(27)43-18-21-9-5-4-6-10-21)29-28(30(39)26-15-13-20(2)44-26)31(40)32(41)38(29)33-36-37-34(46-33)45-19-23-11-7-8-12-24(23)35/h4-17,29,40H,3,18-19H2,1-2H3. The molecule has 1 atom stereocenters. The number of aromatic nitrogens is 2. The molecule has 0 bridgehead atoms. The first-order valence-corrected chi connectivity index (χ1v) is 16.5. The van der Waals surface area contributed by atoms with Crippen molar-refractivity contribution in [3.05, 3.63) is 129 Å². The van der Waals surface area contributed by atoms with E-state index in [1.807, 2.05) is 61.5 Å². The minimum atomic E-state index is -1.05. The lowest BCUT2D eigenvalue weighted by atomic mass is 9.95. The fourth-order valence-electron chi connectivity index (χ4n) is 4.97. The molecule has 3 aromatic carbocycles. The van der Waals surface area contributed by atoms with Crippen LogP contribution in [0.4, 0.5) is 5.13 Å². The van der Waals surface area contributed by atoms with Gasteiger partial charge in [0.25, 0.3) is 5.91 Å². The molecule has 2 aromatic heterocycles. The predicted octanol–water partition coefficient (Wildman–Crippen LogP) is 8.15. The zero-order valence-corrected chi connectivity index (χ0v) is 27.2. The maximum Gasteiger partial charge on any atom is 0.296 e. The van der Waals surface area contributed by atoms with E-state index in [9.17, 15) is 14.7 Å². The van der Waals surface area contributed by atoms with Crippen molar-refractivity contribution in [1.82, 2.24) is 10.2 Å². The van der Waals surface area contributed by atoms with E-state index in [0.717, 1.165) is 11.1 Å². The van der Waals surface area contributed by atoms with Gasteiger partial charge in [0.05, 0.1) is 18.2 Å². The molecule has 0 saturated heterocycles. The molecule has 0 fully saturated rings. The van der Waals surface area contributed by atoms with Crippen molar-refractivity contribution in [2.75, 3.05) is 11.5 Å². The van der Waals surface area contributed by atoms with Crippen LogP contribution in [0.5, 0.6) is 11.5 Å². The number of thioether (sulfide) groups is 1. The predicted molar refractivity (Wildman–Crippen MR) is 177 cm³/mol. The van der Waals surface area contributed by atoms with Crippen molar-refractivity contribution in [3.8, 4) is 11.5 Å². The first-order valence-electron chi connectivity index (χ1n) is 14.3. The van der Waals surface area contributed by atoms with E-state index in [1.54, 1.807) is 31.2 Å². The minimum absolute atomic E-state index is 0.000190. The van der Waals surface area contributed by atoms with Crippen LogP contribution in [-0.2, 0) is 17.2 Å². The Labute approximate surface area is 278 Å². The number of aliphatic hydroxyl groups excluding tert-OH is 1. The highest BCUT2D eigenvalue weighted by molar-refractivity contribution is 8.00. The summed E-state index contributed by atoms with van der Waals surface area (Å²) in [5.41, 5.74) is 2.27. The number of aliphatic hydroxyl groups is 1. The second-order valence-corrected chi connectivity index (χ2v) is 12.8. The van der Waals surface area contributed by atoms with E-state index in [2.05, 4.69) is 10.2 Å². The number of Topliss-reactive ketones (excluding diaryl/α,β-unsaturated/α-hetero) is 1. The molecule has 5 aromatic rings. The monoisotopic (exact) mass is 673 g/mol. The Morgan fingerprint density at radius 2 is 1.80 bits per heavy atom. The first kappa shape index (κ1) is 31.4. The van der Waals surface area contributed by atoms with Crippen LogP contribution in [0, 0.1) is 6.92 Å². The maximum atomic E-state index is 13.8. The number of furan rings is 1. The summed E-state index contributed by atoms with van der Waals surface area (Å²) in [4.78, 5) is 28.8. The summed E-state index contributed by atoms with van der Waals surface area (Å²) in [6.07, 6.45) is 0. The molecule has 1 aliphatic rings. The normalized spacial score (nSPS) is 14.6. The molecule has 1 unspecified atom stereocenters. The molecule has 3 heterocycles. The number of carbonyl (C=O) groups excluding carboxylic acids is 2. The van der Waals surface area contributed by atoms with Crippen LogP contribution in [-0.4, -0.2) is 33.6 Å². The number of benzene rings is 3. The summed E-state index contributed by atoms with van der Waals surface area (Å²) in [7, 11) is 0. The van der Waals surface area contributed by atoms with Crippen LogP contribution >= 0.6 is 34.7 Å². The lowest BCUT2D eigenvalue weighted by Gasteiger charge is -2.25. The third kappa shape index (κ3) is 6.53. The molecule has 234 valence electrons. The van der Waals surface area contributed by atoms with Crippen LogP contribution in [0.3, 0.4) is 0 Å². The number of amides is 1. The number of hydrogen-bond donors (Lipinski definition) is 1. The van der Waals surface area contributed by atoms with Gasteiger partial charge in [-0.3, -0.25) is 14.5 Å². The second kappa shape index (κ2) is 13.8. The Morgan fingerprint density at radius 3 is 2.54 bits per heavy atom. The number of halogens is 1. The van der Waals surface area contributed by atoms with Gasteiger partial charge in [-0.2, -0.15) is 0 Å². The van der Waals surface area contributed by atoms with Crippen molar-refractivity contribution in [2.45, 2.75) is 36.6 Å². The molecule has 0 radical (unpaired) electrons. The van der Waals surface area contributed by atoms with Crippen molar-refractivity contribution >= 4 is 51.5 Å². The molecule has 46 heavy (non-hydrogen) atoms. The summed E-state index contributed by atoms with van der Waals surface area (Å²) in [5, 5.41) is 20.6. The number of rotatable bonds is 12. The molecule has 6 rings (SSSR count). The van der Waals surface area contributed by atoms with Gasteiger partial charge in [0.1, 0.15) is 12.4 Å². The average molecular weight is 674 g/mol. The Balaban J connectivity index is 1.36. The molecule has 9 nitrogen and oxygen atoms in total. The second-order valence-electron chi connectivity index (χ2n) is 10.2. The summed E-state index contributed by atoms with van der Waals surface area (Å²) < 4.78 is 18.2. The zero-order chi connectivity index (χ0) is 32.2. The third-order valence-electron chi connectivity index (χ3n) is 7.15. The van der Waals surface area contributed by atoms with Gasteiger partial charge in [0, 0.05) is 10.8 Å². The molecule has 1 aliphatic heterocycles. The number of aryl methyl sites for hydroxylation is 1. The van der Waals surface area contributed by atoms with Crippen LogP contribution in [0.1, 0.15) is 46.0 Å². The highest BCUT2D eigenvalue weighted by Crippen LogP contribution is 2.46. The van der Waals surface area contributed by atoms with Gasteiger partial charge in [0.2, 0.25) is 10.9 Å². The summed E-state index contributed by atoms with van der Waals surface area (Å²) in [5.74, 6) is -0.121. The van der Waals surface area contributed by atoms with Gasteiger partial charge in [-0.1, -0.05) is 89.3 Å². The van der Waals surface area contributed by atoms with Crippen molar-refractivity contribution in [3.63, 3.8) is 0 Å². The highest BCUT2D eigenvalue weighted by atomic mass is 35.5. The van der Waals surface area contributed by atoms with Crippen LogP contribution in [0.25, 0.3) is 0 Å². The lowest BCUT2D eigenvalue weighted by Crippen LogP contribution is -2.31. The van der Waals surface area contributed by atoms with Crippen molar-refractivity contribution < 1.29 is 28.6 Å². The van der Waals surface area contributed by atoms with E-state index >= 15 is 0 Å². The number of nitrogens with zero attached hydrogens (tertiary/aromatic N) is 3. The minimum Gasteiger partial charge on any atom is -0.503 e. The fraction of sp³-hybridized carbons (Fsp3) is 0.176. The van der Waals surface area contributed by atoms with E-state index in [0.29, 0.717) is 51.2 Å². The number of carbonyl (C=O) groups is 2. The number of hydrogen-bond acceptors (Lipinski definition) is 10. The SMILES string of the molecule is CCOc1cc(C2C(C(=O)c3ccc(C)o3)=C(O)C(=O)N2c2nnc(SCc3ccccc3Cl)s2)ccc1OCc1ccccc1. The van der Waals surface area contributed by atoms with Gasteiger partial charge in [-0.05, 0) is 60.9 Å². The average Bonchev–Trinajstić information content (AvgIpc) is 3.78. The zero-order valence-electron chi connectivity index (χ0n) is 24.8. The topological polar surface area (TPSA) is 115 Å². The van der Waals surface area contributed by atoms with E-state index in [4.69, 9.17) is 25.5 Å². The van der Waals surface area contributed by atoms with E-state index in [1.165, 1.54) is 34.1 Å². The number of anilines is 1. The lowest BCUT2D eigenvalue weighted by molar-refractivity contribution is -0.117. The molecule has 12 heteroatoms. The molecule has 1 amide bonds. The maximum absolute atomic E-state index is 13.8. The molecule has 1 N–H and O–H groups in total. The van der Waals surface area contributed by atoms with Gasteiger partial charge in [0.15, 0.2) is 27.4 Å². The van der Waals surface area contributed by atoms with E-state index < -0.39 is 23.5 Å². The quantitative estimate of drug-likeness (QED) is 0.0796. The van der Waals surface area contributed by atoms with Gasteiger partial charge < -0.3 is 19.0 Å². The molecular weight excluding hydrogens is 646 g/mol. The Kier molecular flexibility index (Phi) is 9.43. The summed E-state index contributed by atoms with van der Waals surface area (Å²) in [6, 6.07) is 24.5. The highest BCUT2D eigenvalue weighted by Gasteiger charge is 2.47. The van der Waals surface area contributed by atoms with Crippen LogP contribution < -0.4 is 14.4 Å². The number of ether oxygens (including phenoxy) is 2. The molecule has 0 aliphatic carbocycles. The smallest absolute Gasteiger partial charge is 0.296 e. The Morgan fingerprint density at radius 1 is 1.02 bits per heavy atom. The third-order valence-corrected chi connectivity index (χ3v) is 9.62. The fourth-order valence-corrected chi connectivity index (χ4v) is 7.12. The summed E-state index contributed by atoms with van der Waals surface area (Å²) >= 11 is 8.91. The Bertz CT molecular complexity index is 1920. The van der Waals surface area contributed by atoms with Crippen molar-refractivity contribution in [2.24, 2.45) is 0 Å². The Hall–Kier alpha value is -4.58. The molecular formula is C34H28ClN3O6S2. The van der Waals surface area contributed by atoms with E-state index in [-0.39, 0.29) is 16.5 Å². The van der Waals surface area contributed by atoms with Gasteiger partial charge in [-0.15, -0.1) is 10.2 Å². The van der Waals surface area contributed by atoms with Gasteiger partial charge >= 0.3 is 0 Å². The van der Waals surface area contributed by atoms with Crippen molar-refractivity contribution in [1.29, 1.82) is 0 Å². The van der Waals surface area contributed by atoms with Crippen LogP contribution in [0.15, 0.2) is 105 Å². The largest absolute Gasteiger partial charge is 0.503 e. The number of ketones is 1. The first-order chi connectivity index (χ1) is 22.3. The molecule has 0 spiro atoms.